The van der Waals surface area contributed by atoms with Crippen molar-refractivity contribution in [3.8, 4) is 0 Å². The van der Waals surface area contributed by atoms with Crippen LogP contribution in [0.15, 0.2) is 36.4 Å². The molecule has 0 spiro atoms. The van der Waals surface area contributed by atoms with E-state index in [1.54, 1.807) is 7.05 Å². The summed E-state index contributed by atoms with van der Waals surface area (Å²) in [6.07, 6.45) is 2.10. The van der Waals surface area contributed by atoms with Crippen LogP contribution >= 0.6 is 0 Å². The molecule has 0 bridgehead atoms. The average Bonchev–Trinajstić information content (AvgIpc) is 3.15. The maximum atomic E-state index is 12.3. The van der Waals surface area contributed by atoms with Gasteiger partial charge < -0.3 is 15.4 Å². The topological polar surface area (TPSA) is 111 Å². The number of amides is 1. The fraction of sp³-hybridized carbons (Fsp3) is 0.300. The summed E-state index contributed by atoms with van der Waals surface area (Å²) in [6, 6.07) is 9.72. The highest BCUT2D eigenvalue weighted by atomic mass is 16.6. The maximum Gasteiger partial charge on any atom is 0.339 e. The molecule has 1 aliphatic rings. The number of hydrogen-bond donors (Lipinski definition) is 2. The first-order chi connectivity index (χ1) is 13.4. The summed E-state index contributed by atoms with van der Waals surface area (Å²) in [5.41, 5.74) is 3.21. The van der Waals surface area contributed by atoms with E-state index >= 15 is 0 Å². The number of carbonyl (C=O) groups is 2. The summed E-state index contributed by atoms with van der Waals surface area (Å²) in [6.45, 7) is 1.46. The van der Waals surface area contributed by atoms with E-state index in [-0.39, 0.29) is 16.9 Å². The normalized spacial score (nSPS) is 13.4. The molecule has 0 saturated heterocycles. The number of hydrogen-bond acceptors (Lipinski definition) is 6. The molecular formula is C20H21N3O5. The van der Waals surface area contributed by atoms with Gasteiger partial charge in [0.15, 0.2) is 6.10 Å². The van der Waals surface area contributed by atoms with Crippen molar-refractivity contribution in [2.45, 2.75) is 32.3 Å². The molecule has 0 unspecified atom stereocenters. The minimum atomic E-state index is -1.05. The van der Waals surface area contributed by atoms with Crippen molar-refractivity contribution in [2.75, 3.05) is 17.7 Å². The molecule has 0 saturated carbocycles. The maximum absolute atomic E-state index is 12.3. The Morgan fingerprint density at radius 1 is 1.14 bits per heavy atom. The summed E-state index contributed by atoms with van der Waals surface area (Å²) >= 11 is 0. The van der Waals surface area contributed by atoms with Crippen LogP contribution < -0.4 is 10.6 Å². The molecule has 8 heteroatoms. The Labute approximate surface area is 162 Å². The van der Waals surface area contributed by atoms with Gasteiger partial charge in [-0.1, -0.05) is 6.07 Å². The highest BCUT2D eigenvalue weighted by Gasteiger charge is 2.22. The molecule has 0 fully saturated rings. The smallest absolute Gasteiger partial charge is 0.339 e. The van der Waals surface area contributed by atoms with E-state index < -0.39 is 22.9 Å². The van der Waals surface area contributed by atoms with E-state index in [9.17, 15) is 19.7 Å². The molecule has 146 valence electrons. The molecule has 2 aromatic rings. The van der Waals surface area contributed by atoms with Crippen molar-refractivity contribution in [1.29, 1.82) is 0 Å². The number of rotatable bonds is 6. The van der Waals surface area contributed by atoms with Crippen molar-refractivity contribution in [3.63, 3.8) is 0 Å². The summed E-state index contributed by atoms with van der Waals surface area (Å²) in [5, 5.41) is 16.5. The Morgan fingerprint density at radius 3 is 2.61 bits per heavy atom. The number of benzene rings is 2. The van der Waals surface area contributed by atoms with Crippen molar-refractivity contribution < 1.29 is 19.2 Å². The molecule has 2 N–H and O–H groups in total. The standard InChI is InChI=1S/C20H21N3O5/c1-12(19(24)22-16-8-6-13-4-3-5-14(13)10-16)28-20(25)15-7-9-17(21-2)18(11-15)23(26)27/h6-12,21H,3-5H2,1-2H3,(H,22,24)/t12-/m0/s1. The van der Waals surface area contributed by atoms with Crippen LogP contribution in [-0.2, 0) is 22.4 Å². The van der Waals surface area contributed by atoms with Crippen LogP contribution in [0.4, 0.5) is 17.1 Å². The molecule has 2 aromatic carbocycles. The average molecular weight is 383 g/mol. The van der Waals surface area contributed by atoms with Crippen LogP contribution in [0.1, 0.15) is 34.8 Å². The minimum Gasteiger partial charge on any atom is -0.449 e. The van der Waals surface area contributed by atoms with Crippen molar-refractivity contribution in [3.05, 3.63) is 63.2 Å². The first kappa shape index (κ1) is 19.3. The van der Waals surface area contributed by atoms with Crippen molar-refractivity contribution in [2.24, 2.45) is 0 Å². The van der Waals surface area contributed by atoms with Crippen molar-refractivity contribution in [1.82, 2.24) is 0 Å². The van der Waals surface area contributed by atoms with Gasteiger partial charge in [0.25, 0.3) is 11.6 Å². The molecule has 0 aliphatic heterocycles. The molecule has 8 nitrogen and oxygen atoms in total. The highest BCUT2D eigenvalue weighted by Crippen LogP contribution is 2.26. The predicted molar refractivity (Wildman–Crippen MR) is 105 cm³/mol. The van der Waals surface area contributed by atoms with Crippen LogP contribution in [-0.4, -0.2) is 30.0 Å². The molecule has 3 rings (SSSR count). The Morgan fingerprint density at radius 2 is 1.89 bits per heavy atom. The minimum absolute atomic E-state index is 0.00267. The van der Waals surface area contributed by atoms with Gasteiger partial charge in [-0.15, -0.1) is 0 Å². The number of anilines is 2. The second kappa shape index (κ2) is 8.08. The SMILES string of the molecule is CNc1ccc(C(=O)O[C@@H](C)C(=O)Nc2ccc3c(c2)CCC3)cc1[N+](=O)[O-]. The van der Waals surface area contributed by atoms with E-state index in [2.05, 4.69) is 10.6 Å². The first-order valence-electron chi connectivity index (χ1n) is 8.99. The third-order valence-electron chi connectivity index (χ3n) is 4.72. The highest BCUT2D eigenvalue weighted by molar-refractivity contribution is 5.98. The lowest BCUT2D eigenvalue weighted by atomic mass is 10.1. The largest absolute Gasteiger partial charge is 0.449 e. The third kappa shape index (κ3) is 4.11. The quantitative estimate of drug-likeness (QED) is 0.450. The van der Waals surface area contributed by atoms with E-state index in [1.807, 2.05) is 18.2 Å². The van der Waals surface area contributed by atoms with Gasteiger partial charge >= 0.3 is 5.97 Å². The molecule has 28 heavy (non-hydrogen) atoms. The fourth-order valence-electron chi connectivity index (χ4n) is 3.20. The molecule has 0 radical (unpaired) electrons. The Bertz CT molecular complexity index is 941. The lowest BCUT2D eigenvalue weighted by molar-refractivity contribution is -0.384. The fourth-order valence-corrected chi connectivity index (χ4v) is 3.20. The summed E-state index contributed by atoms with van der Waals surface area (Å²) in [7, 11) is 1.55. The molecular weight excluding hydrogens is 362 g/mol. The monoisotopic (exact) mass is 383 g/mol. The predicted octanol–water partition coefficient (Wildman–Crippen LogP) is 3.31. The van der Waals surface area contributed by atoms with Gasteiger partial charge in [0.2, 0.25) is 0 Å². The molecule has 1 atom stereocenters. The van der Waals surface area contributed by atoms with Crippen molar-refractivity contribution >= 4 is 28.9 Å². The van der Waals surface area contributed by atoms with E-state index in [1.165, 1.54) is 30.2 Å². The Hall–Kier alpha value is -3.42. The number of nitrogens with zero attached hydrogens (tertiary/aromatic N) is 1. The zero-order valence-corrected chi connectivity index (χ0v) is 15.7. The third-order valence-corrected chi connectivity index (χ3v) is 4.72. The molecule has 1 aliphatic carbocycles. The van der Waals surface area contributed by atoms with Gasteiger partial charge in [-0.05, 0) is 61.6 Å². The van der Waals surface area contributed by atoms with E-state index in [0.717, 1.165) is 25.3 Å². The zero-order chi connectivity index (χ0) is 20.3. The van der Waals surface area contributed by atoms with Crippen LogP contribution in [0.25, 0.3) is 0 Å². The van der Waals surface area contributed by atoms with Crippen LogP contribution in [0, 0.1) is 10.1 Å². The summed E-state index contributed by atoms with van der Waals surface area (Å²) in [4.78, 5) is 35.2. The van der Waals surface area contributed by atoms with Gasteiger partial charge in [0.1, 0.15) is 5.69 Å². The number of ether oxygens (including phenoxy) is 1. The first-order valence-corrected chi connectivity index (χ1v) is 8.99. The number of nitrogens with one attached hydrogen (secondary N) is 2. The number of esters is 1. The number of nitro benzene ring substituents is 1. The molecule has 0 aromatic heterocycles. The Kier molecular flexibility index (Phi) is 5.58. The van der Waals surface area contributed by atoms with Crippen LogP contribution in [0.3, 0.4) is 0 Å². The second-order valence-electron chi connectivity index (χ2n) is 6.61. The lowest BCUT2D eigenvalue weighted by Crippen LogP contribution is -2.30. The number of nitro groups is 1. The van der Waals surface area contributed by atoms with Gasteiger partial charge in [0, 0.05) is 18.8 Å². The lowest BCUT2D eigenvalue weighted by Gasteiger charge is -2.14. The van der Waals surface area contributed by atoms with Crippen LogP contribution in [0.5, 0.6) is 0 Å². The van der Waals surface area contributed by atoms with Gasteiger partial charge in [0.05, 0.1) is 10.5 Å². The number of fused-ring (bicyclic) bond motifs is 1. The van der Waals surface area contributed by atoms with Gasteiger partial charge in [-0.25, -0.2) is 4.79 Å². The summed E-state index contributed by atoms with van der Waals surface area (Å²) in [5.74, 6) is -1.27. The van der Waals surface area contributed by atoms with Gasteiger partial charge in [-0.2, -0.15) is 0 Å². The second-order valence-corrected chi connectivity index (χ2v) is 6.61. The number of aryl methyl sites for hydroxylation is 2. The number of carbonyl (C=O) groups excluding carboxylic acids is 2. The van der Waals surface area contributed by atoms with E-state index in [0.29, 0.717) is 5.69 Å². The zero-order valence-electron chi connectivity index (χ0n) is 15.7. The van der Waals surface area contributed by atoms with Crippen LogP contribution in [0.2, 0.25) is 0 Å². The molecule has 0 heterocycles. The van der Waals surface area contributed by atoms with E-state index in [4.69, 9.17) is 4.74 Å². The Balaban J connectivity index is 1.66. The van der Waals surface area contributed by atoms with Gasteiger partial charge in [-0.3, -0.25) is 14.9 Å². The molecule has 1 amide bonds. The summed E-state index contributed by atoms with van der Waals surface area (Å²) < 4.78 is 5.18.